The first-order valence-corrected chi connectivity index (χ1v) is 11.7. The predicted molar refractivity (Wildman–Crippen MR) is 129 cm³/mol. The second kappa shape index (κ2) is 11.3. The fraction of sp³-hybridized carbons (Fsp3) is 0.357. The Hall–Kier alpha value is -2.89. The van der Waals surface area contributed by atoms with E-state index in [1.165, 1.54) is 6.07 Å². The number of methoxy groups -OCH3 is 1. The first-order chi connectivity index (χ1) is 16.2. The number of halogens is 1. The average molecular weight is 450 g/mol. The zero-order valence-corrected chi connectivity index (χ0v) is 19.1. The summed E-state index contributed by atoms with van der Waals surface area (Å²) in [5, 5.41) is 0. The molecule has 0 amide bonds. The minimum Gasteiger partial charge on any atom is -0.496 e. The molecule has 0 atom stereocenters. The predicted octanol–water partition coefficient (Wildman–Crippen LogP) is 5.91. The van der Waals surface area contributed by atoms with Gasteiger partial charge in [0.2, 0.25) is 0 Å². The summed E-state index contributed by atoms with van der Waals surface area (Å²) in [4.78, 5) is 0. The lowest BCUT2D eigenvalue weighted by molar-refractivity contribution is -0.00720. The maximum Gasteiger partial charge on any atom is 0.124 e. The van der Waals surface area contributed by atoms with Gasteiger partial charge in [0.25, 0.3) is 0 Å². The van der Waals surface area contributed by atoms with Crippen molar-refractivity contribution in [2.75, 3.05) is 13.7 Å². The van der Waals surface area contributed by atoms with E-state index < -0.39 is 0 Å². The van der Waals surface area contributed by atoms with E-state index in [-0.39, 0.29) is 18.0 Å². The van der Waals surface area contributed by atoms with Crippen molar-refractivity contribution in [1.82, 2.24) is 0 Å². The van der Waals surface area contributed by atoms with E-state index in [9.17, 15) is 4.39 Å². The summed E-state index contributed by atoms with van der Waals surface area (Å²) in [5.41, 5.74) is 9.79. The molecule has 1 saturated carbocycles. The van der Waals surface area contributed by atoms with Crippen molar-refractivity contribution >= 4 is 0 Å². The van der Waals surface area contributed by atoms with Crippen molar-refractivity contribution in [2.24, 2.45) is 5.73 Å². The van der Waals surface area contributed by atoms with Crippen molar-refractivity contribution in [3.05, 3.63) is 83.7 Å². The van der Waals surface area contributed by atoms with Crippen LogP contribution in [0.5, 0.6) is 11.5 Å². The molecule has 4 rings (SSSR count). The smallest absolute Gasteiger partial charge is 0.124 e. The number of rotatable bonds is 9. The Bertz CT molecular complexity index is 1050. The number of para-hydroxylation sites is 1. The van der Waals surface area contributed by atoms with E-state index in [0.717, 1.165) is 65.9 Å². The average Bonchev–Trinajstić information content (AvgIpc) is 2.85. The molecule has 0 heterocycles. The van der Waals surface area contributed by atoms with Crippen molar-refractivity contribution in [3.8, 4) is 22.6 Å². The van der Waals surface area contributed by atoms with Crippen molar-refractivity contribution < 1.29 is 18.6 Å². The molecule has 0 aliphatic heterocycles. The first kappa shape index (κ1) is 23.3. The molecule has 174 valence electrons. The van der Waals surface area contributed by atoms with Crippen LogP contribution in [0.25, 0.3) is 11.1 Å². The van der Waals surface area contributed by atoms with Crippen LogP contribution in [0.4, 0.5) is 4.39 Å². The SMILES string of the molecule is COc1ccccc1COC1CCC(Oc2ccc(CCN)c(-c3cccc(F)c3)c2)CC1. The van der Waals surface area contributed by atoms with Gasteiger partial charge in [0.1, 0.15) is 17.3 Å². The maximum absolute atomic E-state index is 13.8. The van der Waals surface area contributed by atoms with Gasteiger partial charge >= 0.3 is 0 Å². The summed E-state index contributed by atoms with van der Waals surface area (Å²) in [6.07, 6.45) is 4.92. The van der Waals surface area contributed by atoms with E-state index in [1.807, 2.05) is 48.5 Å². The van der Waals surface area contributed by atoms with Crippen molar-refractivity contribution in [2.45, 2.75) is 50.9 Å². The van der Waals surface area contributed by atoms with Gasteiger partial charge in [-0.15, -0.1) is 0 Å². The Morgan fingerprint density at radius 1 is 0.879 bits per heavy atom. The third-order valence-corrected chi connectivity index (χ3v) is 6.22. The summed E-state index contributed by atoms with van der Waals surface area (Å²) < 4.78 is 31.7. The van der Waals surface area contributed by atoms with Gasteiger partial charge in [-0.2, -0.15) is 0 Å². The first-order valence-electron chi connectivity index (χ1n) is 11.7. The largest absolute Gasteiger partial charge is 0.496 e. The highest BCUT2D eigenvalue weighted by Gasteiger charge is 2.23. The number of hydrogen-bond donors (Lipinski definition) is 1. The summed E-state index contributed by atoms with van der Waals surface area (Å²) in [5.74, 6) is 1.43. The number of nitrogens with two attached hydrogens (primary N) is 1. The van der Waals surface area contributed by atoms with Crippen LogP contribution < -0.4 is 15.2 Å². The Labute approximate surface area is 195 Å². The lowest BCUT2D eigenvalue weighted by Gasteiger charge is -2.29. The highest BCUT2D eigenvalue weighted by Crippen LogP contribution is 2.32. The van der Waals surface area contributed by atoms with Crippen molar-refractivity contribution in [1.29, 1.82) is 0 Å². The number of ether oxygens (including phenoxy) is 3. The molecule has 0 radical (unpaired) electrons. The minimum atomic E-state index is -0.246. The molecule has 1 aliphatic rings. The molecule has 0 spiro atoms. The third-order valence-electron chi connectivity index (χ3n) is 6.22. The van der Waals surface area contributed by atoms with Crippen LogP contribution in [0, 0.1) is 5.82 Å². The Morgan fingerprint density at radius 2 is 1.67 bits per heavy atom. The second-order valence-electron chi connectivity index (χ2n) is 8.51. The zero-order valence-electron chi connectivity index (χ0n) is 19.1. The Kier molecular flexibility index (Phi) is 7.97. The molecule has 3 aromatic carbocycles. The standard InChI is InChI=1S/C28H32FNO3/c1-31-28-8-3-2-5-22(28)19-32-24-11-13-25(14-12-24)33-26-10-9-20(15-16-30)27(18-26)21-6-4-7-23(29)17-21/h2-10,17-18,24-25H,11-16,19,30H2,1H3. The molecule has 2 N–H and O–H groups in total. The lowest BCUT2D eigenvalue weighted by Crippen LogP contribution is -2.28. The lowest BCUT2D eigenvalue weighted by atomic mass is 9.94. The van der Waals surface area contributed by atoms with Crippen LogP contribution in [0.1, 0.15) is 36.8 Å². The van der Waals surface area contributed by atoms with Gasteiger partial charge in [-0.3, -0.25) is 0 Å². The van der Waals surface area contributed by atoms with Gasteiger partial charge in [0.15, 0.2) is 0 Å². The van der Waals surface area contributed by atoms with Crippen LogP contribution in [0.15, 0.2) is 66.7 Å². The van der Waals surface area contributed by atoms with Crippen LogP contribution in [-0.4, -0.2) is 25.9 Å². The van der Waals surface area contributed by atoms with E-state index in [0.29, 0.717) is 13.2 Å². The van der Waals surface area contributed by atoms with Gasteiger partial charge in [0, 0.05) is 5.56 Å². The van der Waals surface area contributed by atoms with Crippen LogP contribution in [0.2, 0.25) is 0 Å². The van der Waals surface area contributed by atoms with E-state index in [1.54, 1.807) is 19.2 Å². The van der Waals surface area contributed by atoms with Gasteiger partial charge in [-0.1, -0.05) is 36.4 Å². The van der Waals surface area contributed by atoms with E-state index in [4.69, 9.17) is 19.9 Å². The van der Waals surface area contributed by atoms with Gasteiger partial charge in [-0.05, 0) is 85.7 Å². The maximum atomic E-state index is 13.8. The topological polar surface area (TPSA) is 53.7 Å². The molecule has 1 fully saturated rings. The van der Waals surface area contributed by atoms with Gasteiger partial charge < -0.3 is 19.9 Å². The molecule has 4 nitrogen and oxygen atoms in total. The molecule has 0 bridgehead atoms. The minimum absolute atomic E-state index is 0.150. The monoisotopic (exact) mass is 449 g/mol. The molecule has 0 saturated heterocycles. The molecule has 3 aromatic rings. The number of hydrogen-bond acceptors (Lipinski definition) is 4. The fourth-order valence-corrected chi connectivity index (χ4v) is 4.47. The molecule has 33 heavy (non-hydrogen) atoms. The summed E-state index contributed by atoms with van der Waals surface area (Å²) in [6.45, 7) is 1.10. The van der Waals surface area contributed by atoms with Gasteiger partial charge in [-0.25, -0.2) is 4.39 Å². The van der Waals surface area contributed by atoms with Crippen molar-refractivity contribution in [3.63, 3.8) is 0 Å². The molecule has 5 heteroatoms. The highest BCUT2D eigenvalue weighted by molar-refractivity contribution is 5.69. The fourth-order valence-electron chi connectivity index (χ4n) is 4.47. The molecule has 0 aromatic heterocycles. The summed E-state index contributed by atoms with van der Waals surface area (Å²) in [6, 6.07) is 20.7. The summed E-state index contributed by atoms with van der Waals surface area (Å²) >= 11 is 0. The van der Waals surface area contributed by atoms with E-state index >= 15 is 0 Å². The molecular formula is C28H32FNO3. The highest BCUT2D eigenvalue weighted by atomic mass is 19.1. The van der Waals surface area contributed by atoms with Crippen LogP contribution >= 0.6 is 0 Å². The number of benzene rings is 3. The Morgan fingerprint density at radius 3 is 2.42 bits per heavy atom. The zero-order chi connectivity index (χ0) is 23.0. The van der Waals surface area contributed by atoms with Crippen LogP contribution in [-0.2, 0) is 17.8 Å². The second-order valence-corrected chi connectivity index (χ2v) is 8.51. The Balaban J connectivity index is 1.36. The molecular weight excluding hydrogens is 417 g/mol. The van der Waals surface area contributed by atoms with Gasteiger partial charge in [0.05, 0.1) is 25.9 Å². The normalized spacial score (nSPS) is 18.2. The third kappa shape index (κ3) is 6.12. The van der Waals surface area contributed by atoms with E-state index in [2.05, 4.69) is 0 Å². The van der Waals surface area contributed by atoms with Crippen LogP contribution in [0.3, 0.4) is 0 Å². The molecule has 0 unspecified atom stereocenters. The molecule has 1 aliphatic carbocycles. The quantitative estimate of drug-likeness (QED) is 0.441. The summed E-state index contributed by atoms with van der Waals surface area (Å²) in [7, 11) is 1.68.